The molecule has 4 rings (SSSR count). The van der Waals surface area contributed by atoms with Crippen LogP contribution in [0.5, 0.6) is 5.75 Å². The van der Waals surface area contributed by atoms with E-state index in [1.165, 1.54) is 12.1 Å². The molecule has 1 aliphatic heterocycles. The molecule has 0 saturated carbocycles. The molecule has 1 aromatic heterocycles. The lowest BCUT2D eigenvalue weighted by atomic mass is 10.2. The lowest BCUT2D eigenvalue weighted by Crippen LogP contribution is -2.47. The maximum absolute atomic E-state index is 13.1. The number of para-hydroxylation sites is 1. The summed E-state index contributed by atoms with van der Waals surface area (Å²) in [6.07, 6.45) is 1.68. The van der Waals surface area contributed by atoms with Gasteiger partial charge in [-0.25, -0.2) is 4.39 Å². The first-order valence-corrected chi connectivity index (χ1v) is 9.54. The Hall–Kier alpha value is -3.42. The van der Waals surface area contributed by atoms with Crippen molar-refractivity contribution in [3.05, 3.63) is 66.1 Å². The van der Waals surface area contributed by atoms with Crippen LogP contribution in [0, 0.1) is 5.82 Å². The number of piperazine rings is 1. The predicted molar refractivity (Wildman–Crippen MR) is 111 cm³/mol. The first-order valence-electron chi connectivity index (χ1n) is 9.54. The third kappa shape index (κ3) is 4.53. The highest BCUT2D eigenvalue weighted by molar-refractivity contribution is 5.49. The lowest BCUT2D eigenvalue weighted by Gasteiger charge is -2.36. The SMILES string of the molecule is COc1ccccc1CNc1nncc(N2CCN(c3ccc(F)cc3)CC2)n1. The second kappa shape index (κ2) is 8.72. The molecular formula is C21H23FN6O. The van der Waals surface area contributed by atoms with Gasteiger partial charge in [-0.3, -0.25) is 0 Å². The topological polar surface area (TPSA) is 66.4 Å². The second-order valence-electron chi connectivity index (χ2n) is 6.75. The van der Waals surface area contributed by atoms with Gasteiger partial charge in [0, 0.05) is 44.0 Å². The van der Waals surface area contributed by atoms with Crippen LogP contribution in [-0.2, 0) is 6.54 Å². The van der Waals surface area contributed by atoms with E-state index < -0.39 is 0 Å². The van der Waals surface area contributed by atoms with Crippen molar-refractivity contribution in [3.63, 3.8) is 0 Å². The van der Waals surface area contributed by atoms with Gasteiger partial charge < -0.3 is 19.9 Å². The van der Waals surface area contributed by atoms with Crippen molar-refractivity contribution in [1.82, 2.24) is 15.2 Å². The summed E-state index contributed by atoms with van der Waals surface area (Å²) in [4.78, 5) is 9.03. The first kappa shape index (κ1) is 18.9. The fourth-order valence-electron chi connectivity index (χ4n) is 3.39. The van der Waals surface area contributed by atoms with E-state index in [0.717, 1.165) is 49.0 Å². The van der Waals surface area contributed by atoms with Crippen LogP contribution in [0.4, 0.5) is 21.8 Å². The Morgan fingerprint density at radius 3 is 2.48 bits per heavy atom. The summed E-state index contributed by atoms with van der Waals surface area (Å²) in [5, 5.41) is 11.4. The van der Waals surface area contributed by atoms with E-state index in [1.807, 2.05) is 36.4 Å². The number of nitrogens with one attached hydrogen (secondary N) is 1. The van der Waals surface area contributed by atoms with E-state index in [-0.39, 0.29) is 5.82 Å². The Labute approximate surface area is 169 Å². The van der Waals surface area contributed by atoms with Crippen molar-refractivity contribution in [2.45, 2.75) is 6.54 Å². The van der Waals surface area contributed by atoms with Gasteiger partial charge in [0.1, 0.15) is 11.6 Å². The Morgan fingerprint density at radius 1 is 1.00 bits per heavy atom. The molecule has 8 heteroatoms. The molecule has 1 N–H and O–H groups in total. The Bertz CT molecular complexity index is 944. The molecular weight excluding hydrogens is 371 g/mol. The Morgan fingerprint density at radius 2 is 1.72 bits per heavy atom. The summed E-state index contributed by atoms with van der Waals surface area (Å²) >= 11 is 0. The Kier molecular flexibility index (Phi) is 5.69. The number of anilines is 3. The highest BCUT2D eigenvalue weighted by Gasteiger charge is 2.19. The molecule has 2 aromatic carbocycles. The van der Waals surface area contributed by atoms with Gasteiger partial charge in [0.2, 0.25) is 5.95 Å². The number of rotatable bonds is 6. The minimum Gasteiger partial charge on any atom is -0.496 e. The van der Waals surface area contributed by atoms with Crippen LogP contribution in [-0.4, -0.2) is 48.5 Å². The summed E-state index contributed by atoms with van der Waals surface area (Å²) in [5.41, 5.74) is 2.06. The van der Waals surface area contributed by atoms with Gasteiger partial charge in [-0.1, -0.05) is 18.2 Å². The molecule has 0 bridgehead atoms. The van der Waals surface area contributed by atoms with E-state index in [9.17, 15) is 4.39 Å². The summed E-state index contributed by atoms with van der Waals surface area (Å²) < 4.78 is 18.5. The maximum Gasteiger partial charge on any atom is 0.244 e. The number of hydrogen-bond acceptors (Lipinski definition) is 7. The van der Waals surface area contributed by atoms with Crippen LogP contribution in [0.1, 0.15) is 5.56 Å². The third-order valence-corrected chi connectivity index (χ3v) is 4.97. The van der Waals surface area contributed by atoms with E-state index in [1.54, 1.807) is 13.3 Å². The number of aromatic nitrogens is 3. The third-order valence-electron chi connectivity index (χ3n) is 4.97. The molecule has 1 fully saturated rings. The van der Waals surface area contributed by atoms with Gasteiger partial charge in [0.05, 0.1) is 13.3 Å². The zero-order valence-corrected chi connectivity index (χ0v) is 16.3. The molecule has 0 spiro atoms. The fourth-order valence-corrected chi connectivity index (χ4v) is 3.39. The van der Waals surface area contributed by atoms with Crippen LogP contribution < -0.4 is 19.9 Å². The van der Waals surface area contributed by atoms with Crippen LogP contribution >= 0.6 is 0 Å². The molecule has 150 valence electrons. The number of halogens is 1. The minimum atomic E-state index is -0.215. The number of ether oxygens (including phenoxy) is 1. The molecule has 29 heavy (non-hydrogen) atoms. The molecule has 0 amide bonds. The maximum atomic E-state index is 13.1. The van der Waals surface area contributed by atoms with Gasteiger partial charge in [0.15, 0.2) is 5.82 Å². The van der Waals surface area contributed by atoms with Crippen LogP contribution in [0.15, 0.2) is 54.7 Å². The molecule has 1 aliphatic rings. The van der Waals surface area contributed by atoms with Crippen molar-refractivity contribution >= 4 is 17.5 Å². The highest BCUT2D eigenvalue weighted by Crippen LogP contribution is 2.21. The molecule has 0 unspecified atom stereocenters. The fraction of sp³-hybridized carbons (Fsp3) is 0.286. The van der Waals surface area contributed by atoms with Gasteiger partial charge in [-0.2, -0.15) is 10.1 Å². The van der Waals surface area contributed by atoms with Gasteiger partial charge in [0.25, 0.3) is 0 Å². The van der Waals surface area contributed by atoms with Gasteiger partial charge in [-0.15, -0.1) is 5.10 Å². The van der Waals surface area contributed by atoms with Crippen LogP contribution in [0.2, 0.25) is 0 Å². The zero-order valence-electron chi connectivity index (χ0n) is 16.3. The van der Waals surface area contributed by atoms with Gasteiger partial charge in [-0.05, 0) is 30.3 Å². The predicted octanol–water partition coefficient (Wildman–Crippen LogP) is 2.96. The monoisotopic (exact) mass is 394 g/mol. The van der Waals surface area contributed by atoms with Crippen molar-refractivity contribution in [2.75, 3.05) is 48.4 Å². The van der Waals surface area contributed by atoms with Crippen LogP contribution in [0.25, 0.3) is 0 Å². The molecule has 7 nitrogen and oxygen atoms in total. The quantitative estimate of drug-likeness (QED) is 0.689. The van der Waals surface area contributed by atoms with E-state index >= 15 is 0 Å². The summed E-state index contributed by atoms with van der Waals surface area (Å²) in [6.45, 7) is 3.83. The number of hydrogen-bond donors (Lipinski definition) is 1. The van der Waals surface area contributed by atoms with E-state index in [4.69, 9.17) is 4.74 Å². The smallest absolute Gasteiger partial charge is 0.244 e. The normalized spacial score (nSPS) is 14.0. The largest absolute Gasteiger partial charge is 0.496 e. The summed E-state index contributed by atoms with van der Waals surface area (Å²) in [5.74, 6) is 1.88. The second-order valence-corrected chi connectivity index (χ2v) is 6.75. The first-order chi connectivity index (χ1) is 14.2. The van der Waals surface area contributed by atoms with E-state index in [0.29, 0.717) is 12.5 Å². The average Bonchev–Trinajstić information content (AvgIpc) is 2.79. The molecule has 0 radical (unpaired) electrons. The molecule has 3 aromatic rings. The minimum absolute atomic E-state index is 0.215. The van der Waals surface area contributed by atoms with Crippen molar-refractivity contribution in [2.24, 2.45) is 0 Å². The summed E-state index contributed by atoms with van der Waals surface area (Å²) in [7, 11) is 1.66. The van der Waals surface area contributed by atoms with Crippen molar-refractivity contribution in [3.8, 4) is 5.75 Å². The molecule has 0 aliphatic carbocycles. The molecule has 0 atom stereocenters. The number of benzene rings is 2. The number of methoxy groups -OCH3 is 1. The number of nitrogens with zero attached hydrogens (tertiary/aromatic N) is 5. The average molecular weight is 394 g/mol. The van der Waals surface area contributed by atoms with Crippen molar-refractivity contribution in [1.29, 1.82) is 0 Å². The highest BCUT2D eigenvalue weighted by atomic mass is 19.1. The Balaban J connectivity index is 1.37. The molecule has 1 saturated heterocycles. The van der Waals surface area contributed by atoms with Gasteiger partial charge >= 0.3 is 0 Å². The molecule has 2 heterocycles. The zero-order chi connectivity index (χ0) is 20.1. The lowest BCUT2D eigenvalue weighted by molar-refractivity contribution is 0.410. The van der Waals surface area contributed by atoms with Crippen LogP contribution in [0.3, 0.4) is 0 Å². The summed E-state index contributed by atoms with van der Waals surface area (Å²) in [6, 6.07) is 14.5. The standard InChI is InChI=1S/C21H23FN6O/c1-29-19-5-3-2-4-16(19)14-23-21-25-20(15-24-26-21)28-12-10-27(11-13-28)18-8-6-17(22)7-9-18/h2-9,15H,10-14H2,1H3,(H,23,25,26). The van der Waals surface area contributed by atoms with E-state index in [2.05, 4.69) is 30.3 Å². The van der Waals surface area contributed by atoms with Crippen molar-refractivity contribution < 1.29 is 9.13 Å².